The van der Waals surface area contributed by atoms with E-state index >= 15 is 0 Å². The third-order valence-corrected chi connectivity index (χ3v) is 4.13. The molecular formula is C18H12N4O2. The van der Waals surface area contributed by atoms with Crippen molar-refractivity contribution in [3.63, 3.8) is 0 Å². The zero-order valence-electron chi connectivity index (χ0n) is 12.5. The number of nitrogens with two attached hydrogens (primary N) is 2. The maximum Gasteiger partial charge on any atom is 0.249 e. The number of benzene rings is 2. The molecule has 116 valence electrons. The number of amides is 1. The molecule has 4 rings (SSSR count). The van der Waals surface area contributed by atoms with Gasteiger partial charge in [0, 0.05) is 27.8 Å². The van der Waals surface area contributed by atoms with Crippen LogP contribution in [0.1, 0.15) is 26.3 Å². The highest BCUT2D eigenvalue weighted by molar-refractivity contribution is 6.27. The van der Waals surface area contributed by atoms with Crippen LogP contribution in [0.15, 0.2) is 48.9 Å². The maximum atomic E-state index is 12.9. The normalized spacial score (nSPS) is 11.9. The Morgan fingerprint density at radius 1 is 0.958 bits per heavy atom. The van der Waals surface area contributed by atoms with E-state index in [0.29, 0.717) is 44.8 Å². The van der Waals surface area contributed by atoms with Crippen LogP contribution in [-0.2, 0) is 0 Å². The first-order valence-electron chi connectivity index (χ1n) is 7.26. The van der Waals surface area contributed by atoms with Gasteiger partial charge in [0.2, 0.25) is 5.91 Å². The van der Waals surface area contributed by atoms with Gasteiger partial charge in [0.25, 0.3) is 0 Å². The number of hydrogen-bond donors (Lipinski definition) is 2. The predicted molar refractivity (Wildman–Crippen MR) is 89.3 cm³/mol. The Morgan fingerprint density at radius 3 is 2.42 bits per heavy atom. The number of fused-ring (bicyclic) bond motifs is 3. The number of anilines is 1. The van der Waals surface area contributed by atoms with Crippen molar-refractivity contribution in [2.45, 2.75) is 0 Å². The van der Waals surface area contributed by atoms with E-state index in [-0.39, 0.29) is 5.78 Å². The number of rotatable bonds is 2. The smallest absolute Gasteiger partial charge is 0.249 e. The molecule has 24 heavy (non-hydrogen) atoms. The SMILES string of the molecule is NC(=O)c1ccc(-c2ncncc2N)c2c1-c1ccccc1C2=O. The number of carbonyl (C=O) groups is 2. The Labute approximate surface area is 137 Å². The highest BCUT2D eigenvalue weighted by Crippen LogP contribution is 2.43. The van der Waals surface area contributed by atoms with Crippen LogP contribution in [0.5, 0.6) is 0 Å². The Bertz CT molecular complexity index is 1030. The van der Waals surface area contributed by atoms with Gasteiger partial charge in [-0.1, -0.05) is 30.3 Å². The number of nitrogen functional groups attached to an aromatic ring is 1. The molecule has 1 amide bonds. The lowest BCUT2D eigenvalue weighted by molar-refractivity contribution is 0.100. The first-order valence-corrected chi connectivity index (χ1v) is 7.26. The lowest BCUT2D eigenvalue weighted by Crippen LogP contribution is -2.13. The van der Waals surface area contributed by atoms with Crippen LogP contribution in [-0.4, -0.2) is 21.7 Å². The van der Waals surface area contributed by atoms with Gasteiger partial charge >= 0.3 is 0 Å². The number of nitrogens with zero attached hydrogens (tertiary/aromatic N) is 2. The summed E-state index contributed by atoms with van der Waals surface area (Å²) >= 11 is 0. The summed E-state index contributed by atoms with van der Waals surface area (Å²) in [5, 5.41) is 0. The van der Waals surface area contributed by atoms with Gasteiger partial charge in [-0.3, -0.25) is 9.59 Å². The Kier molecular flexibility index (Phi) is 2.93. The van der Waals surface area contributed by atoms with Gasteiger partial charge in [-0.25, -0.2) is 9.97 Å². The molecule has 1 heterocycles. The third-order valence-electron chi connectivity index (χ3n) is 4.13. The van der Waals surface area contributed by atoms with E-state index in [4.69, 9.17) is 11.5 Å². The van der Waals surface area contributed by atoms with Crippen molar-refractivity contribution in [3.8, 4) is 22.4 Å². The Morgan fingerprint density at radius 2 is 1.71 bits per heavy atom. The second-order valence-corrected chi connectivity index (χ2v) is 5.48. The van der Waals surface area contributed by atoms with Crippen LogP contribution in [0.25, 0.3) is 22.4 Å². The molecule has 6 nitrogen and oxygen atoms in total. The zero-order valence-corrected chi connectivity index (χ0v) is 12.5. The predicted octanol–water partition coefficient (Wildman–Crippen LogP) is 2.04. The molecule has 0 radical (unpaired) electrons. The van der Waals surface area contributed by atoms with Crippen LogP contribution >= 0.6 is 0 Å². The number of carbonyl (C=O) groups excluding carboxylic acids is 2. The van der Waals surface area contributed by atoms with Crippen molar-refractivity contribution in [2.75, 3.05) is 5.73 Å². The summed E-state index contributed by atoms with van der Waals surface area (Å²) in [5.41, 5.74) is 15.3. The summed E-state index contributed by atoms with van der Waals surface area (Å²) in [5.74, 6) is -0.755. The minimum absolute atomic E-state index is 0.170. The molecule has 0 fully saturated rings. The zero-order chi connectivity index (χ0) is 16.8. The van der Waals surface area contributed by atoms with Crippen LogP contribution in [0, 0.1) is 0 Å². The van der Waals surface area contributed by atoms with Crippen LogP contribution in [0.4, 0.5) is 5.69 Å². The van der Waals surface area contributed by atoms with Crippen molar-refractivity contribution < 1.29 is 9.59 Å². The summed E-state index contributed by atoms with van der Waals surface area (Å²) in [6.45, 7) is 0. The van der Waals surface area contributed by atoms with Crippen LogP contribution in [0.3, 0.4) is 0 Å². The topological polar surface area (TPSA) is 112 Å². The summed E-state index contributed by atoms with van der Waals surface area (Å²) in [6.07, 6.45) is 2.84. The quantitative estimate of drug-likeness (QED) is 0.587. The number of primary amides is 1. The average molecular weight is 316 g/mol. The monoisotopic (exact) mass is 316 g/mol. The highest BCUT2D eigenvalue weighted by atomic mass is 16.1. The fourth-order valence-corrected chi connectivity index (χ4v) is 3.12. The van der Waals surface area contributed by atoms with E-state index < -0.39 is 5.91 Å². The Balaban J connectivity index is 2.11. The molecule has 1 aliphatic carbocycles. The van der Waals surface area contributed by atoms with Crippen LogP contribution < -0.4 is 11.5 Å². The van der Waals surface area contributed by atoms with Crippen molar-refractivity contribution in [1.29, 1.82) is 0 Å². The third kappa shape index (κ3) is 1.83. The summed E-state index contributed by atoms with van der Waals surface area (Å²) in [6, 6.07) is 10.4. The van der Waals surface area contributed by atoms with Gasteiger partial charge in [0.05, 0.1) is 17.6 Å². The van der Waals surface area contributed by atoms with Gasteiger partial charge < -0.3 is 11.5 Å². The van der Waals surface area contributed by atoms with Crippen molar-refractivity contribution in [3.05, 3.63) is 65.6 Å². The lowest BCUT2D eigenvalue weighted by atomic mass is 9.93. The second-order valence-electron chi connectivity index (χ2n) is 5.48. The molecular weight excluding hydrogens is 304 g/mol. The minimum Gasteiger partial charge on any atom is -0.396 e. The molecule has 0 bridgehead atoms. The summed E-state index contributed by atoms with van der Waals surface area (Å²) in [7, 11) is 0. The molecule has 0 saturated heterocycles. The van der Waals surface area contributed by atoms with Crippen molar-refractivity contribution in [2.24, 2.45) is 5.73 Å². The fourth-order valence-electron chi connectivity index (χ4n) is 3.12. The maximum absolute atomic E-state index is 12.9. The molecule has 0 unspecified atom stereocenters. The second kappa shape index (κ2) is 4.99. The van der Waals surface area contributed by atoms with E-state index in [0.717, 1.165) is 0 Å². The molecule has 0 atom stereocenters. The largest absolute Gasteiger partial charge is 0.396 e. The van der Waals surface area contributed by atoms with Crippen molar-refractivity contribution >= 4 is 17.4 Å². The number of ketones is 1. The van der Waals surface area contributed by atoms with E-state index in [1.807, 2.05) is 6.07 Å². The minimum atomic E-state index is -0.585. The standard InChI is InChI=1S/C18H12N4O2/c19-13-7-21-8-22-16(13)11-5-6-12(18(20)24)14-9-3-1-2-4-10(9)17(23)15(11)14/h1-8H,19H2,(H2,20,24). The van der Waals surface area contributed by atoms with Gasteiger partial charge in [-0.2, -0.15) is 0 Å². The molecule has 3 aromatic rings. The first-order chi connectivity index (χ1) is 11.6. The van der Waals surface area contributed by atoms with Gasteiger partial charge in [-0.15, -0.1) is 0 Å². The van der Waals surface area contributed by atoms with Gasteiger partial charge in [-0.05, 0) is 11.6 Å². The summed E-state index contributed by atoms with van der Waals surface area (Å²) in [4.78, 5) is 32.9. The van der Waals surface area contributed by atoms with E-state index in [1.165, 1.54) is 12.5 Å². The average Bonchev–Trinajstić information content (AvgIpc) is 2.89. The molecule has 0 aliphatic heterocycles. The van der Waals surface area contributed by atoms with Gasteiger partial charge in [0.1, 0.15) is 6.33 Å². The molecule has 0 spiro atoms. The number of aromatic nitrogens is 2. The number of hydrogen-bond acceptors (Lipinski definition) is 5. The molecule has 6 heteroatoms. The van der Waals surface area contributed by atoms with E-state index in [2.05, 4.69) is 9.97 Å². The van der Waals surface area contributed by atoms with Crippen molar-refractivity contribution in [1.82, 2.24) is 9.97 Å². The molecule has 1 aliphatic rings. The lowest BCUT2D eigenvalue weighted by Gasteiger charge is -2.11. The highest BCUT2D eigenvalue weighted by Gasteiger charge is 2.33. The first kappa shape index (κ1) is 14.1. The van der Waals surface area contributed by atoms with E-state index in [1.54, 1.807) is 30.3 Å². The fraction of sp³-hybridized carbons (Fsp3) is 0. The van der Waals surface area contributed by atoms with Gasteiger partial charge in [0.15, 0.2) is 5.78 Å². The molecule has 2 aromatic carbocycles. The molecule has 0 saturated carbocycles. The summed E-state index contributed by atoms with van der Waals surface area (Å²) < 4.78 is 0. The van der Waals surface area contributed by atoms with E-state index in [9.17, 15) is 9.59 Å². The molecule has 4 N–H and O–H groups in total. The molecule has 1 aromatic heterocycles. The van der Waals surface area contributed by atoms with Crippen LogP contribution in [0.2, 0.25) is 0 Å². The Hall–Kier alpha value is -3.54.